The maximum Gasteiger partial charge on any atom is 0.225 e. The van der Waals surface area contributed by atoms with Crippen molar-refractivity contribution in [1.29, 1.82) is 0 Å². The number of nitrogens with one attached hydrogen (secondary N) is 1. The topological polar surface area (TPSA) is 51.2 Å². The number of aromatic nitrogens is 1. The molecule has 1 aromatic rings. The Morgan fingerprint density at radius 3 is 3.00 bits per heavy atom. The van der Waals surface area contributed by atoms with E-state index >= 15 is 0 Å². The normalized spacial score (nSPS) is 16.0. The van der Waals surface area contributed by atoms with Gasteiger partial charge < -0.3 is 10.1 Å². The van der Waals surface area contributed by atoms with Crippen molar-refractivity contribution in [2.45, 2.75) is 6.42 Å². The summed E-state index contributed by atoms with van der Waals surface area (Å²) in [5.41, 5.74) is 0. The molecule has 0 aromatic carbocycles. The molecule has 1 saturated heterocycles. The van der Waals surface area contributed by atoms with Gasteiger partial charge in [-0.25, -0.2) is 4.98 Å². The van der Waals surface area contributed by atoms with E-state index in [0.29, 0.717) is 31.4 Å². The van der Waals surface area contributed by atoms with Crippen LogP contribution in [0.25, 0.3) is 0 Å². The minimum atomic E-state index is 0.0111. The van der Waals surface area contributed by atoms with Gasteiger partial charge in [0.05, 0.1) is 13.2 Å². The van der Waals surface area contributed by atoms with Crippen LogP contribution in [0.3, 0.4) is 0 Å². The second-order valence-corrected chi connectivity index (χ2v) is 3.37. The molecular weight excluding hydrogens is 180 g/mol. The molecule has 1 aliphatic rings. The molecule has 2 heterocycles. The number of carbonyl (C=O) groups is 1. The molecule has 0 atom stereocenters. The molecule has 0 unspecified atom stereocenters. The van der Waals surface area contributed by atoms with Gasteiger partial charge in [-0.2, -0.15) is 0 Å². The van der Waals surface area contributed by atoms with Crippen molar-refractivity contribution in [3.8, 4) is 0 Å². The van der Waals surface area contributed by atoms with Gasteiger partial charge >= 0.3 is 0 Å². The van der Waals surface area contributed by atoms with Crippen LogP contribution >= 0.6 is 0 Å². The van der Waals surface area contributed by atoms with Gasteiger partial charge in [0.25, 0.3) is 0 Å². The molecule has 4 heteroatoms. The molecule has 0 saturated carbocycles. The van der Waals surface area contributed by atoms with Crippen molar-refractivity contribution >= 4 is 11.7 Å². The molecule has 0 radical (unpaired) electrons. The van der Waals surface area contributed by atoms with E-state index in [2.05, 4.69) is 10.3 Å². The highest BCUT2D eigenvalue weighted by Gasteiger charge is 2.21. The minimum absolute atomic E-state index is 0.0111. The fourth-order valence-corrected chi connectivity index (χ4v) is 1.30. The lowest BCUT2D eigenvalue weighted by atomic mass is 10.0. The molecule has 1 N–H and O–H groups in total. The van der Waals surface area contributed by atoms with Crippen LogP contribution in [0.4, 0.5) is 5.82 Å². The first-order chi connectivity index (χ1) is 6.84. The molecular formula is C10H12N2O2. The third-order valence-electron chi connectivity index (χ3n) is 2.11. The first-order valence-corrected chi connectivity index (χ1v) is 4.63. The SMILES string of the molecule is O=C(CC1COC1)Nc1ccccn1. The van der Waals surface area contributed by atoms with Gasteiger partial charge in [0.15, 0.2) is 0 Å². The smallest absolute Gasteiger partial charge is 0.225 e. The fourth-order valence-electron chi connectivity index (χ4n) is 1.30. The van der Waals surface area contributed by atoms with Crippen LogP contribution in [0.1, 0.15) is 6.42 Å². The molecule has 2 rings (SSSR count). The van der Waals surface area contributed by atoms with Gasteiger partial charge in [0, 0.05) is 18.5 Å². The molecule has 4 nitrogen and oxygen atoms in total. The lowest BCUT2D eigenvalue weighted by Gasteiger charge is -2.24. The lowest BCUT2D eigenvalue weighted by Crippen LogP contribution is -2.31. The highest BCUT2D eigenvalue weighted by molar-refractivity contribution is 5.89. The number of nitrogens with zero attached hydrogens (tertiary/aromatic N) is 1. The van der Waals surface area contributed by atoms with Crippen molar-refractivity contribution in [1.82, 2.24) is 4.98 Å². The summed E-state index contributed by atoms with van der Waals surface area (Å²) in [4.78, 5) is 15.4. The second kappa shape index (κ2) is 4.19. The van der Waals surface area contributed by atoms with Gasteiger partial charge in [0.1, 0.15) is 5.82 Å². The zero-order chi connectivity index (χ0) is 9.80. The van der Waals surface area contributed by atoms with E-state index < -0.39 is 0 Å². The van der Waals surface area contributed by atoms with Gasteiger partial charge in [-0.15, -0.1) is 0 Å². The Bertz CT molecular complexity index is 309. The van der Waals surface area contributed by atoms with Gasteiger partial charge in [-0.3, -0.25) is 4.79 Å². The number of amides is 1. The summed E-state index contributed by atoms with van der Waals surface area (Å²) >= 11 is 0. The van der Waals surface area contributed by atoms with Gasteiger partial charge in [-0.05, 0) is 12.1 Å². The number of rotatable bonds is 3. The number of carbonyl (C=O) groups excluding carboxylic acids is 1. The van der Waals surface area contributed by atoms with Crippen molar-refractivity contribution in [2.75, 3.05) is 18.5 Å². The van der Waals surface area contributed by atoms with Crippen LogP contribution in [0, 0.1) is 5.92 Å². The number of pyridine rings is 1. The molecule has 14 heavy (non-hydrogen) atoms. The summed E-state index contributed by atoms with van der Waals surface area (Å²) in [5, 5.41) is 2.74. The Balaban J connectivity index is 1.82. The number of ether oxygens (including phenoxy) is 1. The van der Waals surface area contributed by atoms with Crippen LogP contribution in [-0.4, -0.2) is 24.1 Å². The average Bonchev–Trinajstić information content (AvgIpc) is 2.13. The zero-order valence-corrected chi connectivity index (χ0v) is 7.77. The molecule has 0 spiro atoms. The van der Waals surface area contributed by atoms with Crippen molar-refractivity contribution in [3.05, 3.63) is 24.4 Å². The van der Waals surface area contributed by atoms with Crippen LogP contribution < -0.4 is 5.32 Å². The monoisotopic (exact) mass is 192 g/mol. The van der Waals surface area contributed by atoms with Crippen LogP contribution in [-0.2, 0) is 9.53 Å². The van der Waals surface area contributed by atoms with Gasteiger partial charge in [0.2, 0.25) is 5.91 Å². The van der Waals surface area contributed by atoms with E-state index in [4.69, 9.17) is 4.74 Å². The maximum absolute atomic E-state index is 11.4. The molecule has 1 aliphatic heterocycles. The highest BCUT2D eigenvalue weighted by Crippen LogP contribution is 2.14. The molecule has 74 valence electrons. The summed E-state index contributed by atoms with van der Waals surface area (Å²) in [7, 11) is 0. The van der Waals surface area contributed by atoms with E-state index in [0.717, 1.165) is 0 Å². The zero-order valence-electron chi connectivity index (χ0n) is 7.77. The largest absolute Gasteiger partial charge is 0.381 e. The summed E-state index contributed by atoms with van der Waals surface area (Å²) in [6, 6.07) is 5.43. The Hall–Kier alpha value is -1.42. The first kappa shape index (κ1) is 9.15. The quantitative estimate of drug-likeness (QED) is 0.779. The summed E-state index contributed by atoms with van der Waals surface area (Å²) in [6.07, 6.45) is 2.18. The van der Waals surface area contributed by atoms with E-state index in [9.17, 15) is 4.79 Å². The fraction of sp³-hybridized carbons (Fsp3) is 0.400. The average molecular weight is 192 g/mol. The Labute approximate surface area is 82.3 Å². The standard InChI is InChI=1S/C10H12N2O2/c13-10(5-8-6-14-7-8)12-9-3-1-2-4-11-9/h1-4,8H,5-7H2,(H,11,12,13). The van der Waals surface area contributed by atoms with E-state index in [1.54, 1.807) is 12.3 Å². The molecule has 1 aromatic heterocycles. The molecule has 0 aliphatic carbocycles. The van der Waals surface area contributed by atoms with Crippen molar-refractivity contribution in [2.24, 2.45) is 5.92 Å². The predicted octanol–water partition coefficient (Wildman–Crippen LogP) is 1.06. The molecule has 1 amide bonds. The second-order valence-electron chi connectivity index (χ2n) is 3.37. The third-order valence-corrected chi connectivity index (χ3v) is 2.11. The number of hydrogen-bond acceptors (Lipinski definition) is 3. The molecule has 1 fully saturated rings. The highest BCUT2D eigenvalue weighted by atomic mass is 16.5. The first-order valence-electron chi connectivity index (χ1n) is 4.63. The van der Waals surface area contributed by atoms with Crippen LogP contribution in [0.5, 0.6) is 0 Å². The Morgan fingerprint density at radius 2 is 2.43 bits per heavy atom. The van der Waals surface area contributed by atoms with Crippen LogP contribution in [0.2, 0.25) is 0 Å². The lowest BCUT2D eigenvalue weighted by molar-refractivity contribution is -0.121. The Kier molecular flexibility index (Phi) is 2.74. The van der Waals surface area contributed by atoms with E-state index in [-0.39, 0.29) is 5.91 Å². The molecule has 0 bridgehead atoms. The van der Waals surface area contributed by atoms with Gasteiger partial charge in [-0.1, -0.05) is 6.07 Å². The predicted molar refractivity (Wildman–Crippen MR) is 51.8 cm³/mol. The van der Waals surface area contributed by atoms with E-state index in [1.807, 2.05) is 12.1 Å². The minimum Gasteiger partial charge on any atom is -0.381 e. The van der Waals surface area contributed by atoms with Crippen molar-refractivity contribution < 1.29 is 9.53 Å². The summed E-state index contributed by atoms with van der Waals surface area (Å²) in [5.74, 6) is 1.01. The van der Waals surface area contributed by atoms with Crippen molar-refractivity contribution in [3.63, 3.8) is 0 Å². The Morgan fingerprint density at radius 1 is 1.57 bits per heavy atom. The summed E-state index contributed by atoms with van der Waals surface area (Å²) < 4.78 is 4.99. The van der Waals surface area contributed by atoms with E-state index in [1.165, 1.54) is 0 Å². The number of hydrogen-bond donors (Lipinski definition) is 1. The summed E-state index contributed by atoms with van der Waals surface area (Å²) in [6.45, 7) is 1.41. The third kappa shape index (κ3) is 2.29. The maximum atomic E-state index is 11.4. The van der Waals surface area contributed by atoms with Crippen LogP contribution in [0.15, 0.2) is 24.4 Å². The number of anilines is 1.